The van der Waals surface area contributed by atoms with Gasteiger partial charge in [0.15, 0.2) is 11.5 Å². The second-order valence-corrected chi connectivity index (χ2v) is 6.03. The summed E-state index contributed by atoms with van der Waals surface area (Å²) in [5.74, 6) is 1.56. The number of carbonyl (C=O) groups excluding carboxylic acids is 1. The van der Waals surface area contributed by atoms with Crippen LogP contribution in [-0.2, 0) is 11.2 Å². The molecule has 0 aliphatic rings. The Balaban J connectivity index is 1.95. The first-order valence-electron chi connectivity index (χ1n) is 9.06. The minimum Gasteiger partial charge on any atom is -0.493 e. The molecular formula is C23H24N2O4. The van der Waals surface area contributed by atoms with E-state index in [2.05, 4.69) is 11.9 Å². The van der Waals surface area contributed by atoms with Gasteiger partial charge in [0.25, 0.3) is 5.91 Å². The molecule has 0 spiro atoms. The molecule has 2 aromatic carbocycles. The van der Waals surface area contributed by atoms with Crippen LogP contribution in [-0.4, -0.2) is 33.3 Å². The third-order valence-electron chi connectivity index (χ3n) is 4.07. The number of hydrogen-bond acceptors (Lipinski definition) is 5. The summed E-state index contributed by atoms with van der Waals surface area (Å²) in [4.78, 5) is 12.3. The fourth-order valence-corrected chi connectivity index (χ4v) is 2.58. The summed E-state index contributed by atoms with van der Waals surface area (Å²) in [5.41, 5.74) is 1.76. The summed E-state index contributed by atoms with van der Waals surface area (Å²) in [6.45, 7) is 4.40. The molecule has 0 heterocycles. The zero-order valence-corrected chi connectivity index (χ0v) is 16.6. The first kappa shape index (κ1) is 21.6. The van der Waals surface area contributed by atoms with Crippen LogP contribution in [0.1, 0.15) is 11.1 Å². The van der Waals surface area contributed by atoms with Crippen molar-refractivity contribution in [2.45, 2.75) is 6.42 Å². The molecule has 0 saturated heterocycles. The first-order valence-corrected chi connectivity index (χ1v) is 9.06. The number of amides is 1. The molecule has 0 aromatic heterocycles. The molecule has 2 rings (SSSR count). The molecule has 6 heteroatoms. The normalized spacial score (nSPS) is 10.6. The molecule has 2 aromatic rings. The number of carbonyl (C=O) groups is 1. The third-order valence-corrected chi connectivity index (χ3v) is 4.07. The summed E-state index contributed by atoms with van der Waals surface area (Å²) >= 11 is 0. The highest BCUT2D eigenvalue weighted by molar-refractivity contribution is 6.01. The maximum absolute atomic E-state index is 12.3. The highest BCUT2D eigenvalue weighted by Gasteiger charge is 2.09. The van der Waals surface area contributed by atoms with E-state index in [9.17, 15) is 10.1 Å². The molecule has 0 radical (unpaired) electrons. The van der Waals surface area contributed by atoms with E-state index in [0.29, 0.717) is 36.8 Å². The van der Waals surface area contributed by atoms with E-state index in [0.717, 1.165) is 11.1 Å². The summed E-state index contributed by atoms with van der Waals surface area (Å²) in [7, 11) is 3.15. The van der Waals surface area contributed by atoms with E-state index in [-0.39, 0.29) is 5.57 Å². The summed E-state index contributed by atoms with van der Waals surface area (Å²) in [6.07, 6.45) is 3.80. The molecule has 0 unspecified atom stereocenters. The Morgan fingerprint density at radius 2 is 1.86 bits per heavy atom. The van der Waals surface area contributed by atoms with E-state index in [1.807, 2.05) is 24.3 Å². The van der Waals surface area contributed by atoms with E-state index in [4.69, 9.17) is 14.2 Å². The molecule has 29 heavy (non-hydrogen) atoms. The molecule has 0 aliphatic heterocycles. The fourth-order valence-electron chi connectivity index (χ4n) is 2.58. The van der Waals surface area contributed by atoms with Crippen LogP contribution in [0.4, 0.5) is 0 Å². The Kier molecular flexibility index (Phi) is 8.33. The van der Waals surface area contributed by atoms with Crippen molar-refractivity contribution in [3.8, 4) is 23.3 Å². The number of ether oxygens (including phenoxy) is 3. The van der Waals surface area contributed by atoms with Crippen molar-refractivity contribution >= 4 is 12.0 Å². The van der Waals surface area contributed by atoms with Crippen LogP contribution in [0.5, 0.6) is 17.2 Å². The minimum atomic E-state index is -0.417. The number of nitrogens with one attached hydrogen (secondary N) is 1. The second kappa shape index (κ2) is 11.2. The van der Waals surface area contributed by atoms with Gasteiger partial charge in [0.2, 0.25) is 0 Å². The standard InChI is InChI=1S/C23H24N2O4/c1-4-13-29-20-8-5-17(6-9-20)14-19(16-24)23(26)25-12-11-18-7-10-21(27-2)22(15-18)28-3/h4-10,14-15H,1,11-13H2,2-3H3,(H,25,26)/b19-14+. The number of rotatable bonds is 10. The van der Waals surface area contributed by atoms with E-state index in [1.54, 1.807) is 50.6 Å². The fraction of sp³-hybridized carbons (Fsp3) is 0.217. The molecule has 1 amide bonds. The number of methoxy groups -OCH3 is 2. The first-order chi connectivity index (χ1) is 14.1. The number of nitrogens with zero attached hydrogens (tertiary/aromatic N) is 1. The highest BCUT2D eigenvalue weighted by Crippen LogP contribution is 2.27. The lowest BCUT2D eigenvalue weighted by atomic mass is 10.1. The quantitative estimate of drug-likeness (QED) is 0.380. The molecule has 0 atom stereocenters. The Labute approximate surface area is 171 Å². The van der Waals surface area contributed by atoms with E-state index in [1.165, 1.54) is 0 Å². The van der Waals surface area contributed by atoms with Gasteiger partial charge in [0, 0.05) is 6.54 Å². The number of benzene rings is 2. The SMILES string of the molecule is C=CCOc1ccc(/C=C(\C#N)C(=O)NCCc2ccc(OC)c(OC)c2)cc1. The lowest BCUT2D eigenvalue weighted by Crippen LogP contribution is -2.26. The van der Waals surface area contributed by atoms with Crippen molar-refractivity contribution < 1.29 is 19.0 Å². The molecule has 0 saturated carbocycles. The molecule has 0 aliphatic carbocycles. The summed E-state index contributed by atoms with van der Waals surface area (Å²) in [6, 6.07) is 14.7. The van der Waals surface area contributed by atoms with Crippen LogP contribution in [0, 0.1) is 11.3 Å². The second-order valence-electron chi connectivity index (χ2n) is 6.03. The van der Waals surface area contributed by atoms with Gasteiger partial charge >= 0.3 is 0 Å². The Morgan fingerprint density at radius 1 is 1.14 bits per heavy atom. The van der Waals surface area contributed by atoms with Crippen LogP contribution in [0.25, 0.3) is 6.08 Å². The Bertz CT molecular complexity index is 911. The van der Waals surface area contributed by atoms with Crippen molar-refractivity contribution in [2.75, 3.05) is 27.4 Å². The van der Waals surface area contributed by atoms with Crippen LogP contribution >= 0.6 is 0 Å². The Hall–Kier alpha value is -3.72. The third kappa shape index (κ3) is 6.43. The predicted octanol–water partition coefficient (Wildman–Crippen LogP) is 3.53. The van der Waals surface area contributed by atoms with E-state index >= 15 is 0 Å². The van der Waals surface area contributed by atoms with Gasteiger partial charge < -0.3 is 19.5 Å². The lowest BCUT2D eigenvalue weighted by molar-refractivity contribution is -0.117. The maximum atomic E-state index is 12.3. The average Bonchev–Trinajstić information content (AvgIpc) is 2.76. The maximum Gasteiger partial charge on any atom is 0.261 e. The van der Waals surface area contributed by atoms with Gasteiger partial charge in [-0.2, -0.15) is 5.26 Å². The minimum absolute atomic E-state index is 0.0390. The van der Waals surface area contributed by atoms with Gasteiger partial charge in [-0.3, -0.25) is 4.79 Å². The average molecular weight is 392 g/mol. The zero-order chi connectivity index (χ0) is 21.1. The van der Waals surface area contributed by atoms with Gasteiger partial charge in [-0.25, -0.2) is 0 Å². The monoisotopic (exact) mass is 392 g/mol. The number of nitriles is 1. The van der Waals surface area contributed by atoms with Gasteiger partial charge in [0.05, 0.1) is 14.2 Å². The van der Waals surface area contributed by atoms with Gasteiger partial charge in [0.1, 0.15) is 24.0 Å². The smallest absolute Gasteiger partial charge is 0.261 e. The van der Waals surface area contributed by atoms with Crippen molar-refractivity contribution in [3.05, 3.63) is 71.8 Å². The number of hydrogen-bond donors (Lipinski definition) is 1. The molecule has 0 fully saturated rings. The largest absolute Gasteiger partial charge is 0.493 e. The van der Waals surface area contributed by atoms with Gasteiger partial charge in [-0.05, 0) is 47.9 Å². The topological polar surface area (TPSA) is 80.6 Å². The molecule has 6 nitrogen and oxygen atoms in total. The van der Waals surface area contributed by atoms with Gasteiger partial charge in [-0.15, -0.1) is 0 Å². The van der Waals surface area contributed by atoms with E-state index < -0.39 is 5.91 Å². The highest BCUT2D eigenvalue weighted by atomic mass is 16.5. The summed E-state index contributed by atoms with van der Waals surface area (Å²) < 4.78 is 15.9. The van der Waals surface area contributed by atoms with Crippen molar-refractivity contribution in [3.63, 3.8) is 0 Å². The Morgan fingerprint density at radius 3 is 2.48 bits per heavy atom. The molecule has 150 valence electrons. The van der Waals surface area contributed by atoms with Crippen molar-refractivity contribution in [2.24, 2.45) is 0 Å². The van der Waals surface area contributed by atoms with Crippen molar-refractivity contribution in [1.29, 1.82) is 5.26 Å². The van der Waals surface area contributed by atoms with Crippen LogP contribution in [0.3, 0.4) is 0 Å². The molecular weight excluding hydrogens is 368 g/mol. The summed E-state index contributed by atoms with van der Waals surface area (Å²) in [5, 5.41) is 12.1. The van der Waals surface area contributed by atoms with Crippen LogP contribution < -0.4 is 19.5 Å². The predicted molar refractivity (Wildman–Crippen MR) is 112 cm³/mol. The zero-order valence-electron chi connectivity index (χ0n) is 16.6. The molecule has 0 bridgehead atoms. The molecule has 1 N–H and O–H groups in total. The van der Waals surface area contributed by atoms with Crippen LogP contribution in [0.2, 0.25) is 0 Å². The lowest BCUT2D eigenvalue weighted by Gasteiger charge is -2.10. The van der Waals surface area contributed by atoms with Crippen LogP contribution in [0.15, 0.2) is 60.7 Å². The van der Waals surface area contributed by atoms with Crippen molar-refractivity contribution in [1.82, 2.24) is 5.32 Å². The van der Waals surface area contributed by atoms with Gasteiger partial charge in [-0.1, -0.05) is 30.9 Å².